The first kappa shape index (κ1) is 9.98. The molecule has 2 aliphatic rings. The molecule has 1 saturated heterocycles. The first-order valence-electron chi connectivity index (χ1n) is 5.79. The van der Waals surface area contributed by atoms with Crippen LogP contribution in [0.1, 0.15) is 51.9 Å². The molecule has 1 aliphatic carbocycles. The van der Waals surface area contributed by atoms with Crippen molar-refractivity contribution in [2.45, 2.75) is 63.6 Å². The van der Waals surface area contributed by atoms with Gasteiger partial charge in [0.25, 0.3) is 0 Å². The van der Waals surface area contributed by atoms with Crippen molar-refractivity contribution in [3.8, 4) is 6.07 Å². The molecular formula is C12H19NO. The van der Waals surface area contributed by atoms with Gasteiger partial charge in [-0.2, -0.15) is 5.26 Å². The molecule has 1 aliphatic heterocycles. The third kappa shape index (κ3) is 1.93. The predicted octanol–water partition coefficient (Wildman–Crippen LogP) is 3.03. The molecule has 0 N–H and O–H groups in total. The average molecular weight is 193 g/mol. The van der Waals surface area contributed by atoms with Gasteiger partial charge in [-0.25, -0.2) is 0 Å². The lowest BCUT2D eigenvalue weighted by molar-refractivity contribution is -0.0721. The normalized spacial score (nSPS) is 42.6. The molecule has 0 aromatic carbocycles. The van der Waals surface area contributed by atoms with E-state index in [2.05, 4.69) is 13.0 Å². The van der Waals surface area contributed by atoms with E-state index in [1.54, 1.807) is 0 Å². The molecule has 1 saturated carbocycles. The van der Waals surface area contributed by atoms with E-state index in [0.717, 1.165) is 12.3 Å². The summed E-state index contributed by atoms with van der Waals surface area (Å²) in [4.78, 5) is 0. The van der Waals surface area contributed by atoms with E-state index in [9.17, 15) is 0 Å². The summed E-state index contributed by atoms with van der Waals surface area (Å²) in [6.45, 7) is 2.32. The highest BCUT2D eigenvalue weighted by atomic mass is 16.5. The first-order valence-corrected chi connectivity index (χ1v) is 5.79. The first-order chi connectivity index (χ1) is 6.74. The van der Waals surface area contributed by atoms with Crippen molar-refractivity contribution in [3.63, 3.8) is 0 Å². The third-order valence-corrected chi connectivity index (χ3v) is 3.71. The summed E-state index contributed by atoms with van der Waals surface area (Å²) in [5.74, 6) is 0.810. The molecule has 1 heterocycles. The predicted molar refractivity (Wildman–Crippen MR) is 54.7 cm³/mol. The molecule has 3 unspecified atom stereocenters. The minimum absolute atomic E-state index is 0.166. The molecule has 3 atom stereocenters. The van der Waals surface area contributed by atoms with Crippen molar-refractivity contribution >= 4 is 0 Å². The van der Waals surface area contributed by atoms with Crippen LogP contribution in [0, 0.1) is 17.2 Å². The lowest BCUT2D eigenvalue weighted by Crippen LogP contribution is -2.34. The summed E-state index contributed by atoms with van der Waals surface area (Å²) in [7, 11) is 0. The average Bonchev–Trinajstić information content (AvgIpc) is 2.49. The second kappa shape index (κ2) is 3.90. The van der Waals surface area contributed by atoms with Gasteiger partial charge in [0.2, 0.25) is 0 Å². The Morgan fingerprint density at radius 1 is 1.43 bits per heavy atom. The Morgan fingerprint density at radius 2 is 2.29 bits per heavy atom. The second-order valence-electron chi connectivity index (χ2n) is 5.03. The molecule has 0 radical (unpaired) electrons. The van der Waals surface area contributed by atoms with E-state index in [0.29, 0.717) is 6.42 Å². The zero-order chi connectivity index (χ0) is 10.0. The number of hydrogen-bond donors (Lipinski definition) is 0. The van der Waals surface area contributed by atoms with Crippen LogP contribution in [0.5, 0.6) is 0 Å². The lowest BCUT2D eigenvalue weighted by atomic mass is 9.77. The molecular weight excluding hydrogens is 174 g/mol. The molecule has 0 amide bonds. The standard InChI is InChI=1S/C12H19NO/c1-10-3-2-6-12(9-10)7-4-11(14-12)5-8-13/h10-11H,2-7,9H2,1H3. The molecule has 0 aromatic heterocycles. The summed E-state index contributed by atoms with van der Waals surface area (Å²) < 4.78 is 6.08. The Morgan fingerprint density at radius 3 is 3.00 bits per heavy atom. The Labute approximate surface area is 86.2 Å². The Kier molecular flexibility index (Phi) is 2.78. The summed E-state index contributed by atoms with van der Waals surface area (Å²) in [5.41, 5.74) is 0.166. The van der Waals surface area contributed by atoms with Gasteiger partial charge < -0.3 is 4.74 Å². The van der Waals surface area contributed by atoms with Crippen LogP contribution in [0.4, 0.5) is 0 Å². The third-order valence-electron chi connectivity index (χ3n) is 3.71. The zero-order valence-electron chi connectivity index (χ0n) is 8.96. The highest BCUT2D eigenvalue weighted by molar-refractivity contribution is 4.94. The number of nitriles is 1. The quantitative estimate of drug-likeness (QED) is 0.641. The summed E-state index contributed by atoms with van der Waals surface area (Å²) in [5, 5.41) is 8.64. The van der Waals surface area contributed by atoms with Crippen LogP contribution in [0.3, 0.4) is 0 Å². The van der Waals surface area contributed by atoms with Gasteiger partial charge in [-0.3, -0.25) is 0 Å². The maximum absolute atomic E-state index is 8.64. The van der Waals surface area contributed by atoms with Crippen LogP contribution in [-0.4, -0.2) is 11.7 Å². The molecule has 0 aromatic rings. The van der Waals surface area contributed by atoms with E-state index in [-0.39, 0.29) is 11.7 Å². The van der Waals surface area contributed by atoms with Crippen LogP contribution in [0.25, 0.3) is 0 Å². The van der Waals surface area contributed by atoms with Crippen molar-refractivity contribution in [1.29, 1.82) is 5.26 Å². The molecule has 2 heteroatoms. The van der Waals surface area contributed by atoms with Crippen molar-refractivity contribution in [1.82, 2.24) is 0 Å². The number of rotatable bonds is 1. The van der Waals surface area contributed by atoms with Gasteiger partial charge in [0.15, 0.2) is 0 Å². The number of hydrogen-bond acceptors (Lipinski definition) is 2. The van der Waals surface area contributed by atoms with E-state index in [4.69, 9.17) is 10.00 Å². The molecule has 78 valence electrons. The highest BCUT2D eigenvalue weighted by Crippen LogP contribution is 2.44. The van der Waals surface area contributed by atoms with Crippen LogP contribution < -0.4 is 0 Å². The zero-order valence-corrected chi connectivity index (χ0v) is 8.96. The monoisotopic (exact) mass is 193 g/mol. The fourth-order valence-corrected chi connectivity index (χ4v) is 3.09. The maximum atomic E-state index is 8.64. The van der Waals surface area contributed by atoms with Gasteiger partial charge in [0.05, 0.1) is 24.2 Å². The molecule has 14 heavy (non-hydrogen) atoms. The van der Waals surface area contributed by atoms with Gasteiger partial charge in [-0.15, -0.1) is 0 Å². The largest absolute Gasteiger partial charge is 0.371 e. The van der Waals surface area contributed by atoms with Gasteiger partial charge in [-0.05, 0) is 31.6 Å². The van der Waals surface area contributed by atoms with Crippen LogP contribution in [-0.2, 0) is 4.74 Å². The topological polar surface area (TPSA) is 33.0 Å². The second-order valence-corrected chi connectivity index (χ2v) is 5.03. The van der Waals surface area contributed by atoms with Crippen molar-refractivity contribution in [3.05, 3.63) is 0 Å². The Balaban J connectivity index is 1.95. The van der Waals surface area contributed by atoms with E-state index in [1.165, 1.54) is 32.1 Å². The maximum Gasteiger partial charge on any atom is 0.0713 e. The van der Waals surface area contributed by atoms with Gasteiger partial charge >= 0.3 is 0 Å². The van der Waals surface area contributed by atoms with Crippen molar-refractivity contribution in [2.24, 2.45) is 5.92 Å². The molecule has 2 nitrogen and oxygen atoms in total. The van der Waals surface area contributed by atoms with Gasteiger partial charge in [0.1, 0.15) is 0 Å². The Hall–Kier alpha value is -0.550. The molecule has 0 bridgehead atoms. The van der Waals surface area contributed by atoms with Crippen LogP contribution in [0.2, 0.25) is 0 Å². The summed E-state index contributed by atoms with van der Waals surface area (Å²) in [6, 6.07) is 2.22. The van der Waals surface area contributed by atoms with Crippen molar-refractivity contribution < 1.29 is 4.74 Å². The highest BCUT2D eigenvalue weighted by Gasteiger charge is 2.42. The van der Waals surface area contributed by atoms with Crippen LogP contribution in [0.15, 0.2) is 0 Å². The fraction of sp³-hybridized carbons (Fsp3) is 0.917. The SMILES string of the molecule is CC1CCCC2(CCC(CC#N)O2)C1. The number of ether oxygens (including phenoxy) is 1. The van der Waals surface area contributed by atoms with Gasteiger partial charge in [-0.1, -0.05) is 19.8 Å². The van der Waals surface area contributed by atoms with E-state index >= 15 is 0 Å². The molecule has 2 rings (SSSR count). The summed E-state index contributed by atoms with van der Waals surface area (Å²) >= 11 is 0. The molecule has 1 spiro atoms. The van der Waals surface area contributed by atoms with Gasteiger partial charge in [0, 0.05) is 0 Å². The Bertz CT molecular complexity index is 245. The summed E-state index contributed by atoms with van der Waals surface area (Å²) in [6.07, 6.45) is 8.19. The van der Waals surface area contributed by atoms with E-state index in [1.807, 2.05) is 0 Å². The van der Waals surface area contributed by atoms with Crippen molar-refractivity contribution in [2.75, 3.05) is 0 Å². The minimum Gasteiger partial charge on any atom is -0.371 e. The van der Waals surface area contributed by atoms with E-state index < -0.39 is 0 Å². The number of nitrogens with zero attached hydrogens (tertiary/aromatic N) is 1. The lowest BCUT2D eigenvalue weighted by Gasteiger charge is -2.36. The smallest absolute Gasteiger partial charge is 0.0713 e. The molecule has 2 fully saturated rings. The minimum atomic E-state index is 0.166. The van der Waals surface area contributed by atoms with Crippen LogP contribution >= 0.6 is 0 Å². The fourth-order valence-electron chi connectivity index (χ4n) is 3.09.